The molecular formula is C21H25N3O2S. The number of rotatable bonds is 7. The number of hydrogen-bond acceptors (Lipinski definition) is 5. The third-order valence-corrected chi connectivity index (χ3v) is 5.34. The second-order valence-corrected chi connectivity index (χ2v) is 7.73. The van der Waals surface area contributed by atoms with Gasteiger partial charge in [-0.25, -0.2) is 0 Å². The minimum absolute atomic E-state index is 0.245. The summed E-state index contributed by atoms with van der Waals surface area (Å²) in [6.07, 6.45) is -0.599. The molecule has 0 radical (unpaired) electrons. The van der Waals surface area contributed by atoms with E-state index < -0.39 is 6.10 Å². The summed E-state index contributed by atoms with van der Waals surface area (Å²) in [7, 11) is 0. The van der Waals surface area contributed by atoms with Gasteiger partial charge in [0.1, 0.15) is 18.2 Å². The fraction of sp³-hybridized carbons (Fsp3) is 0.333. The van der Waals surface area contributed by atoms with Crippen LogP contribution in [0, 0.1) is 27.7 Å². The molecule has 2 aromatic carbocycles. The molecule has 142 valence electrons. The van der Waals surface area contributed by atoms with Gasteiger partial charge in [0.05, 0.1) is 6.10 Å². The van der Waals surface area contributed by atoms with Gasteiger partial charge in [-0.05, 0) is 57.0 Å². The lowest BCUT2D eigenvalue weighted by Crippen LogP contribution is -2.20. The normalized spacial score (nSPS) is 12.2. The van der Waals surface area contributed by atoms with Crippen molar-refractivity contribution in [3.05, 3.63) is 65.0 Å². The Morgan fingerprint density at radius 1 is 1.00 bits per heavy atom. The molecule has 0 aliphatic rings. The van der Waals surface area contributed by atoms with Crippen molar-refractivity contribution >= 4 is 11.8 Å². The summed E-state index contributed by atoms with van der Waals surface area (Å²) in [6, 6.07) is 14.3. The van der Waals surface area contributed by atoms with E-state index in [0.29, 0.717) is 5.75 Å². The molecule has 0 saturated heterocycles. The highest BCUT2D eigenvalue weighted by molar-refractivity contribution is 7.99. The van der Waals surface area contributed by atoms with Crippen LogP contribution in [0.4, 0.5) is 0 Å². The molecule has 1 heterocycles. The van der Waals surface area contributed by atoms with Gasteiger partial charge in [-0.2, -0.15) is 0 Å². The molecule has 0 saturated carbocycles. The highest BCUT2D eigenvalue weighted by Gasteiger charge is 2.14. The molecule has 0 bridgehead atoms. The summed E-state index contributed by atoms with van der Waals surface area (Å²) in [5.74, 6) is 2.12. The van der Waals surface area contributed by atoms with Crippen LogP contribution in [0.25, 0.3) is 5.69 Å². The van der Waals surface area contributed by atoms with E-state index in [4.69, 9.17) is 4.74 Å². The zero-order valence-corrected chi connectivity index (χ0v) is 17.0. The number of ether oxygens (including phenoxy) is 1. The van der Waals surface area contributed by atoms with Crippen molar-refractivity contribution in [3.63, 3.8) is 0 Å². The highest BCUT2D eigenvalue weighted by atomic mass is 32.2. The highest BCUT2D eigenvalue weighted by Crippen LogP contribution is 2.24. The lowest BCUT2D eigenvalue weighted by molar-refractivity contribution is 0.126. The molecule has 0 unspecified atom stereocenters. The van der Waals surface area contributed by atoms with E-state index in [0.717, 1.165) is 33.5 Å². The lowest BCUT2D eigenvalue weighted by atomic mass is 10.1. The Kier molecular flexibility index (Phi) is 6.19. The topological polar surface area (TPSA) is 60.2 Å². The van der Waals surface area contributed by atoms with Crippen molar-refractivity contribution in [2.75, 3.05) is 12.4 Å². The van der Waals surface area contributed by atoms with Gasteiger partial charge in [0.2, 0.25) is 0 Å². The predicted molar refractivity (Wildman–Crippen MR) is 109 cm³/mol. The zero-order valence-electron chi connectivity index (χ0n) is 16.1. The van der Waals surface area contributed by atoms with Crippen LogP contribution in [-0.2, 0) is 0 Å². The van der Waals surface area contributed by atoms with Gasteiger partial charge < -0.3 is 9.84 Å². The van der Waals surface area contributed by atoms with Crippen molar-refractivity contribution in [3.8, 4) is 11.4 Å². The minimum Gasteiger partial charge on any atom is -0.491 e. The molecule has 0 fully saturated rings. The monoisotopic (exact) mass is 383 g/mol. The number of aliphatic hydroxyl groups excluding tert-OH is 1. The Morgan fingerprint density at radius 3 is 2.44 bits per heavy atom. The number of aromatic nitrogens is 3. The third-order valence-electron chi connectivity index (χ3n) is 4.27. The second-order valence-electron chi connectivity index (χ2n) is 6.75. The lowest BCUT2D eigenvalue weighted by Gasteiger charge is -2.14. The fourth-order valence-corrected chi connectivity index (χ4v) is 3.60. The van der Waals surface area contributed by atoms with E-state index in [1.165, 1.54) is 17.3 Å². The summed E-state index contributed by atoms with van der Waals surface area (Å²) >= 11 is 1.48. The van der Waals surface area contributed by atoms with Crippen molar-refractivity contribution in [2.45, 2.75) is 39.0 Å². The van der Waals surface area contributed by atoms with Crippen molar-refractivity contribution in [2.24, 2.45) is 0 Å². The standard InChI is InChI=1S/C21H25N3O2S/c1-14-6-9-18(10-7-14)24-17(4)22-23-21(24)27-13-19(25)12-26-20-11-15(2)5-8-16(20)3/h5-11,19,25H,12-13H2,1-4H3/t19-/m1/s1. The summed E-state index contributed by atoms with van der Waals surface area (Å²) in [4.78, 5) is 0. The Morgan fingerprint density at radius 2 is 1.70 bits per heavy atom. The average molecular weight is 384 g/mol. The van der Waals surface area contributed by atoms with Crippen LogP contribution in [0.1, 0.15) is 22.5 Å². The van der Waals surface area contributed by atoms with Crippen molar-refractivity contribution < 1.29 is 9.84 Å². The predicted octanol–water partition coefficient (Wildman–Crippen LogP) is 4.03. The van der Waals surface area contributed by atoms with Gasteiger partial charge in [0.15, 0.2) is 5.16 Å². The summed E-state index contributed by atoms with van der Waals surface area (Å²) in [5, 5.41) is 19.5. The van der Waals surface area contributed by atoms with Crippen LogP contribution in [0.3, 0.4) is 0 Å². The van der Waals surface area contributed by atoms with Gasteiger partial charge in [0, 0.05) is 11.4 Å². The number of thioether (sulfide) groups is 1. The molecule has 6 heteroatoms. The Bertz CT molecular complexity index is 906. The molecule has 5 nitrogen and oxygen atoms in total. The van der Waals surface area contributed by atoms with Gasteiger partial charge in [-0.15, -0.1) is 10.2 Å². The molecule has 0 spiro atoms. The molecule has 0 aliphatic heterocycles. The van der Waals surface area contributed by atoms with Gasteiger partial charge in [0.25, 0.3) is 0 Å². The maximum absolute atomic E-state index is 10.3. The first-order valence-corrected chi connectivity index (χ1v) is 9.92. The quantitative estimate of drug-likeness (QED) is 0.624. The molecular weight excluding hydrogens is 358 g/mol. The average Bonchev–Trinajstić information content (AvgIpc) is 3.02. The number of aryl methyl sites for hydroxylation is 4. The van der Waals surface area contributed by atoms with Crippen LogP contribution in [-0.4, -0.2) is 38.3 Å². The molecule has 1 aromatic heterocycles. The van der Waals surface area contributed by atoms with E-state index in [9.17, 15) is 5.11 Å². The number of hydrogen-bond donors (Lipinski definition) is 1. The SMILES string of the molecule is Cc1ccc(-n2c(C)nnc2SC[C@H](O)COc2cc(C)ccc2C)cc1. The fourth-order valence-electron chi connectivity index (χ4n) is 2.70. The Labute approximate surface area is 164 Å². The molecule has 27 heavy (non-hydrogen) atoms. The molecule has 1 atom stereocenters. The van der Waals surface area contributed by atoms with E-state index in [1.807, 2.05) is 37.5 Å². The maximum Gasteiger partial charge on any atom is 0.195 e. The molecule has 0 aliphatic carbocycles. The van der Waals surface area contributed by atoms with Gasteiger partial charge in [-0.3, -0.25) is 4.57 Å². The molecule has 1 N–H and O–H groups in total. The van der Waals surface area contributed by atoms with E-state index >= 15 is 0 Å². The van der Waals surface area contributed by atoms with Crippen LogP contribution in [0.15, 0.2) is 47.6 Å². The van der Waals surface area contributed by atoms with E-state index in [1.54, 1.807) is 0 Å². The summed E-state index contributed by atoms with van der Waals surface area (Å²) in [5.41, 5.74) is 4.43. The first-order valence-electron chi connectivity index (χ1n) is 8.94. The van der Waals surface area contributed by atoms with Crippen LogP contribution < -0.4 is 4.74 Å². The third kappa shape index (κ3) is 4.90. The van der Waals surface area contributed by atoms with Gasteiger partial charge in [-0.1, -0.05) is 41.6 Å². The van der Waals surface area contributed by atoms with Crippen molar-refractivity contribution in [1.29, 1.82) is 0 Å². The van der Waals surface area contributed by atoms with Crippen LogP contribution >= 0.6 is 11.8 Å². The smallest absolute Gasteiger partial charge is 0.195 e. The Balaban J connectivity index is 1.61. The molecule has 3 rings (SSSR count). The van der Waals surface area contributed by atoms with Crippen molar-refractivity contribution in [1.82, 2.24) is 14.8 Å². The minimum atomic E-state index is -0.599. The Hall–Kier alpha value is -2.31. The zero-order chi connectivity index (χ0) is 19.4. The maximum atomic E-state index is 10.3. The molecule has 3 aromatic rings. The number of benzene rings is 2. The number of aliphatic hydroxyl groups is 1. The van der Waals surface area contributed by atoms with E-state index in [2.05, 4.69) is 47.5 Å². The molecule has 0 amide bonds. The first-order chi connectivity index (χ1) is 12.9. The van der Waals surface area contributed by atoms with Gasteiger partial charge >= 0.3 is 0 Å². The number of nitrogens with zero attached hydrogens (tertiary/aromatic N) is 3. The largest absolute Gasteiger partial charge is 0.491 e. The summed E-state index contributed by atoms with van der Waals surface area (Å²) in [6.45, 7) is 8.26. The van der Waals surface area contributed by atoms with Crippen LogP contribution in [0.2, 0.25) is 0 Å². The second kappa shape index (κ2) is 8.59. The first kappa shape index (κ1) is 19.5. The summed E-state index contributed by atoms with van der Waals surface area (Å²) < 4.78 is 7.80. The van der Waals surface area contributed by atoms with Crippen LogP contribution in [0.5, 0.6) is 5.75 Å². The van der Waals surface area contributed by atoms with E-state index in [-0.39, 0.29) is 6.61 Å².